The van der Waals surface area contributed by atoms with Gasteiger partial charge >= 0.3 is 5.97 Å². The number of ether oxygens (including phenoxy) is 1. The largest absolute Gasteiger partial charge is 0.451 e. The average Bonchev–Trinajstić information content (AvgIpc) is 3.62. The third-order valence-electron chi connectivity index (χ3n) is 8.01. The van der Waals surface area contributed by atoms with E-state index in [1.165, 1.54) is 17.0 Å². The zero-order valence-corrected chi connectivity index (χ0v) is 19.0. The van der Waals surface area contributed by atoms with Gasteiger partial charge in [0.05, 0.1) is 23.1 Å². The Morgan fingerprint density at radius 2 is 1.38 bits per heavy atom. The molecule has 5 aliphatic rings. The van der Waals surface area contributed by atoms with Crippen LogP contribution in [0.1, 0.15) is 39.6 Å². The molecule has 2 amide bonds. The molecule has 0 aromatic heterocycles. The van der Waals surface area contributed by atoms with Gasteiger partial charge in [-0.2, -0.15) is 0 Å². The van der Waals surface area contributed by atoms with E-state index in [1.54, 1.807) is 31.2 Å². The molecule has 2 bridgehead atoms. The lowest BCUT2D eigenvalue weighted by atomic mass is 9.63. The molecule has 0 unspecified atom stereocenters. The van der Waals surface area contributed by atoms with Gasteiger partial charge in [-0.05, 0) is 68.2 Å². The lowest BCUT2D eigenvalue weighted by Gasteiger charge is -2.37. The Labute approximate surface area is 197 Å². The molecule has 6 heteroatoms. The van der Waals surface area contributed by atoms with Crippen LogP contribution in [0.3, 0.4) is 0 Å². The highest BCUT2D eigenvalue weighted by atomic mass is 16.5. The van der Waals surface area contributed by atoms with Gasteiger partial charge in [-0.25, -0.2) is 4.79 Å². The van der Waals surface area contributed by atoms with Crippen molar-refractivity contribution in [1.29, 1.82) is 0 Å². The number of allylic oxidation sites excluding steroid dienone is 2. The first-order chi connectivity index (χ1) is 16.3. The van der Waals surface area contributed by atoms with E-state index in [2.05, 4.69) is 12.2 Å². The second-order valence-corrected chi connectivity index (χ2v) is 9.99. The van der Waals surface area contributed by atoms with Crippen molar-refractivity contribution in [3.63, 3.8) is 0 Å². The summed E-state index contributed by atoms with van der Waals surface area (Å²) in [5.41, 5.74) is 2.25. The summed E-state index contributed by atoms with van der Waals surface area (Å²) in [6.45, 7) is 3.48. The van der Waals surface area contributed by atoms with Gasteiger partial charge in [-0.1, -0.05) is 42.0 Å². The molecular formula is C28H25NO5. The van der Waals surface area contributed by atoms with E-state index in [0.29, 0.717) is 23.1 Å². The standard InChI is InChI=1S/C28H25NO5/c1-14-3-5-16(6-4-14)25(30)15(2)34-28(33)17-7-9-18(10-8-17)29-26(31)23-19-11-12-20(22-13-21(19)22)24(23)27(29)32/h3-12,15,19-24H,13H2,1-2H3/t15-,19-,20-,21-,22+,23-,24+/m0/s1. The second-order valence-electron chi connectivity index (χ2n) is 9.99. The van der Waals surface area contributed by atoms with Crippen molar-refractivity contribution >= 4 is 29.3 Å². The number of hydrogen-bond donors (Lipinski definition) is 0. The van der Waals surface area contributed by atoms with Crippen LogP contribution < -0.4 is 4.90 Å². The normalized spacial score (nSPS) is 31.2. The Morgan fingerprint density at radius 3 is 1.94 bits per heavy atom. The van der Waals surface area contributed by atoms with E-state index in [9.17, 15) is 19.2 Å². The van der Waals surface area contributed by atoms with Gasteiger partial charge in [0.1, 0.15) is 0 Å². The Balaban J connectivity index is 1.16. The Kier molecular flexibility index (Phi) is 4.63. The van der Waals surface area contributed by atoms with Crippen LogP contribution in [-0.2, 0) is 14.3 Å². The highest BCUT2D eigenvalue weighted by Crippen LogP contribution is 2.65. The van der Waals surface area contributed by atoms with E-state index >= 15 is 0 Å². The number of esters is 1. The average molecular weight is 456 g/mol. The minimum absolute atomic E-state index is 0.132. The number of ketones is 1. The minimum Gasteiger partial charge on any atom is -0.451 e. The number of carbonyl (C=O) groups excluding carboxylic acids is 4. The van der Waals surface area contributed by atoms with Crippen molar-refractivity contribution in [1.82, 2.24) is 0 Å². The molecule has 7 rings (SSSR count). The lowest BCUT2D eigenvalue weighted by molar-refractivity contribution is -0.124. The van der Waals surface area contributed by atoms with Crippen LogP contribution in [0.5, 0.6) is 0 Å². The number of rotatable bonds is 5. The summed E-state index contributed by atoms with van der Waals surface area (Å²) in [5.74, 6) is -0.249. The third-order valence-corrected chi connectivity index (χ3v) is 8.01. The molecule has 172 valence electrons. The molecule has 1 aliphatic heterocycles. The monoisotopic (exact) mass is 455 g/mol. The third kappa shape index (κ3) is 3.08. The lowest BCUT2D eigenvalue weighted by Crippen LogP contribution is -2.40. The molecule has 7 atom stereocenters. The number of anilines is 1. The number of carbonyl (C=O) groups is 4. The molecule has 4 aliphatic carbocycles. The zero-order valence-electron chi connectivity index (χ0n) is 19.0. The molecule has 34 heavy (non-hydrogen) atoms. The predicted molar refractivity (Wildman–Crippen MR) is 124 cm³/mol. The molecule has 0 spiro atoms. The number of Topliss-reactive ketones (excluding diaryl/α,β-unsaturated/α-hetero) is 1. The van der Waals surface area contributed by atoms with Crippen molar-refractivity contribution in [3.8, 4) is 0 Å². The topological polar surface area (TPSA) is 80.8 Å². The molecule has 0 N–H and O–H groups in total. The summed E-state index contributed by atoms with van der Waals surface area (Å²) >= 11 is 0. The van der Waals surface area contributed by atoms with Crippen LogP contribution in [0.15, 0.2) is 60.7 Å². The van der Waals surface area contributed by atoms with Crippen LogP contribution >= 0.6 is 0 Å². The molecular weight excluding hydrogens is 430 g/mol. The number of amides is 2. The number of aryl methyl sites for hydroxylation is 1. The summed E-state index contributed by atoms with van der Waals surface area (Å²) in [4.78, 5) is 53.0. The summed E-state index contributed by atoms with van der Waals surface area (Å²) < 4.78 is 5.38. The Morgan fingerprint density at radius 1 is 0.853 bits per heavy atom. The van der Waals surface area contributed by atoms with Crippen LogP contribution in [0.4, 0.5) is 5.69 Å². The molecule has 1 saturated heterocycles. The summed E-state index contributed by atoms with van der Waals surface area (Å²) in [7, 11) is 0. The first-order valence-electron chi connectivity index (χ1n) is 11.8. The highest BCUT2D eigenvalue weighted by molar-refractivity contribution is 6.22. The smallest absolute Gasteiger partial charge is 0.338 e. The maximum absolute atomic E-state index is 13.2. The fraction of sp³-hybridized carbons (Fsp3) is 0.357. The molecule has 2 aromatic rings. The molecule has 2 aromatic carbocycles. The quantitative estimate of drug-likeness (QED) is 0.295. The summed E-state index contributed by atoms with van der Waals surface area (Å²) in [5, 5.41) is 0. The van der Waals surface area contributed by atoms with E-state index in [0.717, 1.165) is 12.0 Å². The van der Waals surface area contributed by atoms with Crippen LogP contribution in [0, 0.1) is 42.4 Å². The van der Waals surface area contributed by atoms with Crippen molar-refractivity contribution in [3.05, 3.63) is 77.4 Å². The summed E-state index contributed by atoms with van der Waals surface area (Å²) in [6, 6.07) is 13.4. The number of hydrogen-bond acceptors (Lipinski definition) is 5. The van der Waals surface area contributed by atoms with Gasteiger partial charge in [-0.15, -0.1) is 0 Å². The first-order valence-corrected chi connectivity index (χ1v) is 11.8. The summed E-state index contributed by atoms with van der Waals surface area (Å²) in [6.07, 6.45) is 4.48. The van der Waals surface area contributed by atoms with Crippen molar-refractivity contribution in [2.24, 2.45) is 35.5 Å². The van der Waals surface area contributed by atoms with E-state index < -0.39 is 12.1 Å². The van der Waals surface area contributed by atoms with Crippen LogP contribution in [0.25, 0.3) is 0 Å². The number of imide groups is 1. The van der Waals surface area contributed by atoms with E-state index in [1.807, 2.05) is 19.1 Å². The fourth-order valence-electron chi connectivity index (χ4n) is 6.19. The maximum Gasteiger partial charge on any atom is 0.338 e. The molecule has 1 heterocycles. The minimum atomic E-state index is -0.936. The van der Waals surface area contributed by atoms with E-state index in [-0.39, 0.29) is 46.8 Å². The van der Waals surface area contributed by atoms with Gasteiger partial charge in [-0.3, -0.25) is 19.3 Å². The fourth-order valence-corrected chi connectivity index (χ4v) is 6.19. The molecule has 3 fully saturated rings. The van der Waals surface area contributed by atoms with Gasteiger partial charge in [0, 0.05) is 5.56 Å². The van der Waals surface area contributed by atoms with Crippen molar-refractivity contribution in [2.75, 3.05) is 4.90 Å². The Bertz CT molecular complexity index is 1210. The van der Waals surface area contributed by atoms with Crippen LogP contribution in [0.2, 0.25) is 0 Å². The molecule has 6 nitrogen and oxygen atoms in total. The van der Waals surface area contributed by atoms with Crippen LogP contribution in [-0.4, -0.2) is 29.7 Å². The van der Waals surface area contributed by atoms with Gasteiger partial charge in [0.2, 0.25) is 17.6 Å². The first kappa shape index (κ1) is 21.0. The second kappa shape index (κ2) is 7.49. The molecule has 2 saturated carbocycles. The number of benzene rings is 2. The predicted octanol–water partition coefficient (Wildman–Crippen LogP) is 3.98. The zero-order chi connectivity index (χ0) is 23.7. The van der Waals surface area contributed by atoms with Gasteiger partial charge < -0.3 is 4.74 Å². The SMILES string of the molecule is Cc1ccc(C(=O)[C@H](C)OC(=O)c2ccc(N3C(=O)[C@@H]4[C@H]5C=C[C@@H]([C@@H]6C[C@H]56)[C@@H]4C3=O)cc2)cc1. The van der Waals surface area contributed by atoms with Crippen molar-refractivity contribution < 1.29 is 23.9 Å². The maximum atomic E-state index is 13.2. The Hall–Kier alpha value is -3.54. The van der Waals surface area contributed by atoms with Crippen molar-refractivity contribution in [2.45, 2.75) is 26.4 Å². The molecule has 0 radical (unpaired) electrons. The van der Waals surface area contributed by atoms with Gasteiger partial charge in [0.25, 0.3) is 0 Å². The van der Waals surface area contributed by atoms with E-state index in [4.69, 9.17) is 4.74 Å². The number of nitrogens with zero attached hydrogens (tertiary/aromatic N) is 1. The van der Waals surface area contributed by atoms with Gasteiger partial charge in [0.15, 0.2) is 6.10 Å². The highest BCUT2D eigenvalue weighted by Gasteiger charge is 2.67.